The molecule has 1 heterocycles. The first-order chi connectivity index (χ1) is 9.60. The van der Waals surface area contributed by atoms with Crippen LogP contribution in [0.3, 0.4) is 0 Å². The van der Waals surface area contributed by atoms with Gasteiger partial charge in [-0.1, -0.05) is 39.8 Å². The normalized spacial score (nSPS) is 19.1. The molecule has 2 nitrogen and oxygen atoms in total. The van der Waals surface area contributed by atoms with Crippen LogP contribution < -0.4 is 10.2 Å². The van der Waals surface area contributed by atoms with E-state index in [1.807, 2.05) is 0 Å². The first kappa shape index (κ1) is 15.4. The number of nitrogens with zero attached hydrogens (tertiary/aromatic N) is 1. The molecule has 0 bridgehead atoms. The molecule has 20 heavy (non-hydrogen) atoms. The molecule has 2 heteroatoms. The molecule has 0 unspecified atom stereocenters. The molecular weight excluding hydrogens is 244 g/mol. The van der Waals surface area contributed by atoms with Crippen LogP contribution in [0.1, 0.15) is 58.4 Å². The second-order valence-electron chi connectivity index (χ2n) is 6.44. The molecule has 1 N–H and O–H groups in total. The molecule has 1 fully saturated rings. The maximum absolute atomic E-state index is 3.78. The molecule has 112 valence electrons. The number of hydrogen-bond donors (Lipinski definition) is 1. The molecule has 1 aromatic rings. The van der Waals surface area contributed by atoms with Gasteiger partial charge in [0.15, 0.2) is 0 Å². The molecule has 2 rings (SSSR count). The zero-order chi connectivity index (χ0) is 14.6. The lowest BCUT2D eigenvalue weighted by Gasteiger charge is -2.36. The van der Waals surface area contributed by atoms with E-state index in [0.29, 0.717) is 5.92 Å². The van der Waals surface area contributed by atoms with Gasteiger partial charge in [0.2, 0.25) is 0 Å². The molecule has 0 spiro atoms. The molecule has 0 aliphatic carbocycles. The van der Waals surface area contributed by atoms with Gasteiger partial charge in [0, 0.05) is 24.3 Å². The van der Waals surface area contributed by atoms with Crippen molar-refractivity contribution in [2.24, 2.45) is 0 Å². The third-order valence-corrected chi connectivity index (χ3v) is 4.88. The van der Waals surface area contributed by atoms with Crippen molar-refractivity contribution < 1.29 is 0 Å². The summed E-state index contributed by atoms with van der Waals surface area (Å²) in [4.78, 5) is 2.57. The molecule has 0 radical (unpaired) electrons. The second kappa shape index (κ2) is 6.62. The summed E-state index contributed by atoms with van der Waals surface area (Å²) in [6.07, 6.45) is 3.63. The van der Waals surface area contributed by atoms with Gasteiger partial charge in [-0.25, -0.2) is 0 Å². The third kappa shape index (κ3) is 3.35. The minimum atomic E-state index is 0.285. The van der Waals surface area contributed by atoms with Crippen molar-refractivity contribution >= 4 is 5.69 Å². The number of anilines is 1. The fourth-order valence-electron chi connectivity index (χ4n) is 3.14. The van der Waals surface area contributed by atoms with Gasteiger partial charge in [-0.3, -0.25) is 0 Å². The standard InChI is InChI=1S/C18H30N2/c1-5-18(6-2)14-20(13-7-12-19-18)17-10-8-16(9-11-17)15(3)4/h8-11,15,19H,5-7,12-14H2,1-4H3. The molecule has 1 aliphatic heterocycles. The van der Waals surface area contributed by atoms with Gasteiger partial charge in [0.05, 0.1) is 0 Å². The summed E-state index contributed by atoms with van der Waals surface area (Å²) in [6.45, 7) is 12.6. The first-order valence-electron chi connectivity index (χ1n) is 8.20. The van der Waals surface area contributed by atoms with Crippen LogP contribution in [0.4, 0.5) is 5.69 Å². The molecule has 0 amide bonds. The van der Waals surface area contributed by atoms with Crippen LogP contribution in [-0.2, 0) is 0 Å². The smallest absolute Gasteiger partial charge is 0.0367 e. The topological polar surface area (TPSA) is 15.3 Å². The maximum atomic E-state index is 3.78. The zero-order valence-corrected chi connectivity index (χ0v) is 13.6. The van der Waals surface area contributed by atoms with E-state index in [2.05, 4.69) is 62.2 Å². The molecule has 1 saturated heterocycles. The van der Waals surface area contributed by atoms with E-state index >= 15 is 0 Å². The summed E-state index contributed by atoms with van der Waals surface area (Å²) in [6, 6.07) is 9.18. The average molecular weight is 274 g/mol. The SMILES string of the molecule is CCC1(CC)CN(c2ccc(C(C)C)cc2)CCCN1. The van der Waals surface area contributed by atoms with Gasteiger partial charge >= 0.3 is 0 Å². The van der Waals surface area contributed by atoms with E-state index in [0.717, 1.165) is 19.6 Å². The van der Waals surface area contributed by atoms with Crippen molar-refractivity contribution in [3.63, 3.8) is 0 Å². The molecule has 1 aromatic carbocycles. The average Bonchev–Trinajstić information content (AvgIpc) is 2.70. The van der Waals surface area contributed by atoms with E-state index in [1.54, 1.807) is 0 Å². The Hall–Kier alpha value is -1.02. The summed E-state index contributed by atoms with van der Waals surface area (Å²) in [5.41, 5.74) is 3.09. The van der Waals surface area contributed by atoms with Gasteiger partial charge in [0.25, 0.3) is 0 Å². The number of nitrogens with one attached hydrogen (secondary N) is 1. The van der Waals surface area contributed by atoms with E-state index in [4.69, 9.17) is 0 Å². The van der Waals surface area contributed by atoms with E-state index in [-0.39, 0.29) is 5.54 Å². The van der Waals surface area contributed by atoms with Crippen molar-refractivity contribution in [1.29, 1.82) is 0 Å². The quantitative estimate of drug-likeness (QED) is 0.886. The van der Waals surface area contributed by atoms with E-state index < -0.39 is 0 Å². The Morgan fingerprint density at radius 2 is 1.80 bits per heavy atom. The Morgan fingerprint density at radius 3 is 2.35 bits per heavy atom. The highest BCUT2D eigenvalue weighted by molar-refractivity contribution is 5.48. The summed E-state index contributed by atoms with van der Waals surface area (Å²) < 4.78 is 0. The van der Waals surface area contributed by atoms with Crippen LogP contribution in [0, 0.1) is 0 Å². The highest BCUT2D eigenvalue weighted by Gasteiger charge is 2.30. The van der Waals surface area contributed by atoms with Gasteiger partial charge < -0.3 is 10.2 Å². The number of rotatable bonds is 4. The van der Waals surface area contributed by atoms with Crippen LogP contribution in [-0.4, -0.2) is 25.2 Å². The fourth-order valence-corrected chi connectivity index (χ4v) is 3.14. The zero-order valence-electron chi connectivity index (χ0n) is 13.6. The Morgan fingerprint density at radius 1 is 1.15 bits per heavy atom. The molecule has 0 atom stereocenters. The monoisotopic (exact) mass is 274 g/mol. The summed E-state index contributed by atoms with van der Waals surface area (Å²) >= 11 is 0. The summed E-state index contributed by atoms with van der Waals surface area (Å²) in [5.74, 6) is 0.611. The Labute approximate surface area is 124 Å². The highest BCUT2D eigenvalue weighted by Crippen LogP contribution is 2.26. The largest absolute Gasteiger partial charge is 0.370 e. The van der Waals surface area contributed by atoms with Crippen molar-refractivity contribution in [3.8, 4) is 0 Å². The Kier molecular flexibility index (Phi) is 5.09. The van der Waals surface area contributed by atoms with Gasteiger partial charge in [-0.2, -0.15) is 0 Å². The lowest BCUT2D eigenvalue weighted by molar-refractivity contribution is 0.321. The predicted octanol–water partition coefficient (Wildman–Crippen LogP) is 4.17. The second-order valence-corrected chi connectivity index (χ2v) is 6.44. The van der Waals surface area contributed by atoms with Gasteiger partial charge in [0.1, 0.15) is 0 Å². The predicted molar refractivity (Wildman–Crippen MR) is 88.7 cm³/mol. The van der Waals surface area contributed by atoms with Crippen LogP contribution in [0.2, 0.25) is 0 Å². The maximum Gasteiger partial charge on any atom is 0.0367 e. The molecule has 1 aliphatic rings. The van der Waals surface area contributed by atoms with Gasteiger partial charge in [-0.15, -0.1) is 0 Å². The van der Waals surface area contributed by atoms with Crippen LogP contribution >= 0.6 is 0 Å². The van der Waals surface area contributed by atoms with Gasteiger partial charge in [-0.05, 0) is 49.4 Å². The highest BCUT2D eigenvalue weighted by atomic mass is 15.2. The van der Waals surface area contributed by atoms with Crippen molar-refractivity contribution in [2.75, 3.05) is 24.5 Å². The third-order valence-electron chi connectivity index (χ3n) is 4.88. The van der Waals surface area contributed by atoms with E-state index in [1.165, 1.54) is 30.5 Å². The van der Waals surface area contributed by atoms with Crippen LogP contribution in [0.15, 0.2) is 24.3 Å². The Balaban J connectivity index is 2.17. The summed E-state index contributed by atoms with van der Waals surface area (Å²) in [7, 11) is 0. The molecular formula is C18H30N2. The van der Waals surface area contributed by atoms with Crippen molar-refractivity contribution in [1.82, 2.24) is 5.32 Å². The number of benzene rings is 1. The first-order valence-corrected chi connectivity index (χ1v) is 8.20. The fraction of sp³-hybridized carbons (Fsp3) is 0.667. The minimum Gasteiger partial charge on any atom is -0.370 e. The summed E-state index contributed by atoms with van der Waals surface area (Å²) in [5, 5.41) is 3.78. The lowest BCUT2D eigenvalue weighted by atomic mass is 9.92. The molecule has 0 aromatic heterocycles. The minimum absolute atomic E-state index is 0.285. The van der Waals surface area contributed by atoms with Crippen LogP contribution in [0.5, 0.6) is 0 Å². The Bertz CT molecular complexity index is 404. The number of hydrogen-bond acceptors (Lipinski definition) is 2. The van der Waals surface area contributed by atoms with E-state index in [9.17, 15) is 0 Å². The van der Waals surface area contributed by atoms with Crippen molar-refractivity contribution in [3.05, 3.63) is 29.8 Å². The van der Waals surface area contributed by atoms with Crippen LogP contribution in [0.25, 0.3) is 0 Å². The lowest BCUT2D eigenvalue weighted by Crippen LogP contribution is -2.50. The van der Waals surface area contributed by atoms with Crippen molar-refractivity contribution in [2.45, 2.75) is 58.4 Å². The molecule has 0 saturated carbocycles.